The van der Waals surface area contributed by atoms with Crippen molar-refractivity contribution >= 4 is 11.6 Å². The second-order valence-corrected chi connectivity index (χ2v) is 4.90. The van der Waals surface area contributed by atoms with Gasteiger partial charge in [0.25, 0.3) is 0 Å². The van der Waals surface area contributed by atoms with Crippen LogP contribution in [0.15, 0.2) is 24.3 Å². The van der Waals surface area contributed by atoms with E-state index in [1.54, 1.807) is 0 Å². The van der Waals surface area contributed by atoms with E-state index in [0.717, 1.165) is 16.7 Å². The minimum Gasteiger partial charge on any atom is -0.490 e. The summed E-state index contributed by atoms with van der Waals surface area (Å²) in [6.45, 7) is 2.30. The van der Waals surface area contributed by atoms with Gasteiger partial charge in [-0.15, -0.1) is 0 Å². The van der Waals surface area contributed by atoms with Crippen LogP contribution in [-0.4, -0.2) is 6.10 Å². The van der Waals surface area contributed by atoms with Gasteiger partial charge in [0, 0.05) is 5.02 Å². The molecule has 1 aliphatic carbocycles. The lowest BCUT2D eigenvalue weighted by molar-refractivity contribution is 0.129. The third kappa shape index (κ3) is 3.13. The highest BCUT2D eigenvalue weighted by atomic mass is 35.5. The van der Waals surface area contributed by atoms with Crippen LogP contribution < -0.4 is 4.74 Å². The van der Waals surface area contributed by atoms with Crippen molar-refractivity contribution in [3.63, 3.8) is 0 Å². The van der Waals surface area contributed by atoms with E-state index in [4.69, 9.17) is 16.3 Å². The Morgan fingerprint density at radius 1 is 1.20 bits per heavy atom. The molecule has 1 saturated carbocycles. The summed E-state index contributed by atoms with van der Waals surface area (Å²) in [5, 5.41) is 0.763. The SMILES string of the molecule is CC1CCCC(Oc2ccc(Cl)cc2)C1. The summed E-state index contributed by atoms with van der Waals surface area (Å²) in [6.07, 6.45) is 5.41. The zero-order chi connectivity index (χ0) is 10.7. The molecule has 0 saturated heterocycles. The van der Waals surface area contributed by atoms with E-state index in [0.29, 0.717) is 6.10 Å². The van der Waals surface area contributed by atoms with Crippen molar-refractivity contribution in [2.24, 2.45) is 5.92 Å². The van der Waals surface area contributed by atoms with Crippen LogP contribution in [-0.2, 0) is 0 Å². The molecule has 1 aromatic carbocycles. The first-order valence-electron chi connectivity index (χ1n) is 5.66. The summed E-state index contributed by atoms with van der Waals surface area (Å²) in [6, 6.07) is 7.65. The van der Waals surface area contributed by atoms with Crippen molar-refractivity contribution in [1.29, 1.82) is 0 Å². The lowest BCUT2D eigenvalue weighted by Gasteiger charge is -2.27. The molecule has 0 heterocycles. The van der Waals surface area contributed by atoms with Crippen molar-refractivity contribution < 1.29 is 4.74 Å². The highest BCUT2D eigenvalue weighted by Crippen LogP contribution is 2.27. The van der Waals surface area contributed by atoms with E-state index in [1.165, 1.54) is 25.7 Å². The fourth-order valence-electron chi connectivity index (χ4n) is 2.19. The van der Waals surface area contributed by atoms with Gasteiger partial charge in [-0.2, -0.15) is 0 Å². The van der Waals surface area contributed by atoms with Gasteiger partial charge < -0.3 is 4.74 Å². The molecule has 1 nitrogen and oxygen atoms in total. The van der Waals surface area contributed by atoms with Crippen molar-refractivity contribution in [1.82, 2.24) is 0 Å². The highest BCUT2D eigenvalue weighted by molar-refractivity contribution is 6.30. The Bertz CT molecular complexity index is 307. The fourth-order valence-corrected chi connectivity index (χ4v) is 2.32. The molecule has 0 bridgehead atoms. The van der Waals surface area contributed by atoms with Crippen LogP contribution in [0.2, 0.25) is 5.02 Å². The average molecular weight is 225 g/mol. The molecular weight excluding hydrogens is 208 g/mol. The molecule has 2 atom stereocenters. The van der Waals surface area contributed by atoms with Crippen LogP contribution in [0.1, 0.15) is 32.6 Å². The third-order valence-electron chi connectivity index (χ3n) is 3.00. The molecule has 0 N–H and O–H groups in total. The van der Waals surface area contributed by atoms with Gasteiger partial charge in [0.1, 0.15) is 5.75 Å². The van der Waals surface area contributed by atoms with Gasteiger partial charge in [-0.25, -0.2) is 0 Å². The Balaban J connectivity index is 1.93. The van der Waals surface area contributed by atoms with E-state index in [9.17, 15) is 0 Å². The normalized spacial score (nSPS) is 26.3. The first-order valence-corrected chi connectivity index (χ1v) is 6.04. The summed E-state index contributed by atoms with van der Waals surface area (Å²) < 4.78 is 5.92. The summed E-state index contributed by atoms with van der Waals surface area (Å²) in [4.78, 5) is 0. The molecule has 1 fully saturated rings. The Hall–Kier alpha value is -0.690. The van der Waals surface area contributed by atoms with Crippen LogP contribution in [0, 0.1) is 5.92 Å². The standard InChI is InChI=1S/C13H17ClO/c1-10-3-2-4-13(9-10)15-12-7-5-11(14)6-8-12/h5-8,10,13H,2-4,9H2,1H3. The van der Waals surface area contributed by atoms with Crippen molar-refractivity contribution in [2.45, 2.75) is 38.7 Å². The van der Waals surface area contributed by atoms with E-state index in [-0.39, 0.29) is 0 Å². The van der Waals surface area contributed by atoms with Crippen molar-refractivity contribution in [3.05, 3.63) is 29.3 Å². The molecule has 2 unspecified atom stereocenters. The molecular formula is C13H17ClO. The van der Waals surface area contributed by atoms with Gasteiger partial charge in [0.15, 0.2) is 0 Å². The number of benzene rings is 1. The maximum atomic E-state index is 5.92. The number of rotatable bonds is 2. The van der Waals surface area contributed by atoms with Crippen LogP contribution in [0.3, 0.4) is 0 Å². The van der Waals surface area contributed by atoms with E-state index < -0.39 is 0 Å². The minimum absolute atomic E-state index is 0.398. The zero-order valence-corrected chi connectivity index (χ0v) is 9.83. The van der Waals surface area contributed by atoms with Gasteiger partial charge in [0.05, 0.1) is 6.10 Å². The van der Waals surface area contributed by atoms with Crippen molar-refractivity contribution in [3.8, 4) is 5.75 Å². The van der Waals surface area contributed by atoms with Crippen LogP contribution in [0.4, 0.5) is 0 Å². The first kappa shape index (κ1) is 10.8. The first-order chi connectivity index (χ1) is 7.24. The number of hydrogen-bond donors (Lipinski definition) is 0. The molecule has 0 aromatic heterocycles. The predicted molar refractivity (Wildman–Crippen MR) is 63.5 cm³/mol. The summed E-state index contributed by atoms with van der Waals surface area (Å²) in [7, 11) is 0. The van der Waals surface area contributed by atoms with Crippen LogP contribution in [0.25, 0.3) is 0 Å². The van der Waals surface area contributed by atoms with Gasteiger partial charge >= 0.3 is 0 Å². The monoisotopic (exact) mass is 224 g/mol. The maximum absolute atomic E-state index is 5.92. The smallest absolute Gasteiger partial charge is 0.119 e. The lowest BCUT2D eigenvalue weighted by atomic mass is 9.89. The Kier molecular flexibility index (Phi) is 3.53. The predicted octanol–water partition coefficient (Wildman–Crippen LogP) is 4.30. The maximum Gasteiger partial charge on any atom is 0.119 e. The molecule has 1 aromatic rings. The van der Waals surface area contributed by atoms with Gasteiger partial charge in [0.2, 0.25) is 0 Å². The Labute approximate surface area is 96.4 Å². The van der Waals surface area contributed by atoms with Gasteiger partial charge in [-0.1, -0.05) is 24.9 Å². The fraction of sp³-hybridized carbons (Fsp3) is 0.538. The van der Waals surface area contributed by atoms with Crippen molar-refractivity contribution in [2.75, 3.05) is 0 Å². The number of hydrogen-bond acceptors (Lipinski definition) is 1. The van der Waals surface area contributed by atoms with E-state index in [1.807, 2.05) is 24.3 Å². The molecule has 0 spiro atoms. The van der Waals surface area contributed by atoms with Gasteiger partial charge in [-0.05, 0) is 49.4 Å². The molecule has 1 aliphatic rings. The molecule has 2 heteroatoms. The molecule has 82 valence electrons. The summed E-state index contributed by atoms with van der Waals surface area (Å²) >= 11 is 5.82. The Morgan fingerprint density at radius 3 is 2.60 bits per heavy atom. The number of ether oxygens (including phenoxy) is 1. The second-order valence-electron chi connectivity index (χ2n) is 4.47. The van der Waals surface area contributed by atoms with Crippen LogP contribution in [0.5, 0.6) is 5.75 Å². The van der Waals surface area contributed by atoms with E-state index >= 15 is 0 Å². The molecule has 2 rings (SSSR count). The molecule has 0 radical (unpaired) electrons. The minimum atomic E-state index is 0.398. The summed E-state index contributed by atoms with van der Waals surface area (Å²) in [5.74, 6) is 1.74. The van der Waals surface area contributed by atoms with Crippen LogP contribution >= 0.6 is 11.6 Å². The zero-order valence-electron chi connectivity index (χ0n) is 9.08. The average Bonchev–Trinajstić information content (AvgIpc) is 2.22. The third-order valence-corrected chi connectivity index (χ3v) is 3.26. The quantitative estimate of drug-likeness (QED) is 0.728. The molecule has 0 aliphatic heterocycles. The lowest BCUT2D eigenvalue weighted by Crippen LogP contribution is -2.23. The summed E-state index contributed by atoms with van der Waals surface area (Å²) in [5.41, 5.74) is 0. The Morgan fingerprint density at radius 2 is 1.93 bits per heavy atom. The topological polar surface area (TPSA) is 9.23 Å². The second kappa shape index (κ2) is 4.89. The van der Waals surface area contributed by atoms with E-state index in [2.05, 4.69) is 6.92 Å². The number of halogens is 1. The largest absolute Gasteiger partial charge is 0.490 e. The highest BCUT2D eigenvalue weighted by Gasteiger charge is 2.19. The molecule has 0 amide bonds. The molecule has 15 heavy (non-hydrogen) atoms. The van der Waals surface area contributed by atoms with Gasteiger partial charge in [-0.3, -0.25) is 0 Å².